The lowest BCUT2D eigenvalue weighted by Crippen LogP contribution is -2.46. The van der Waals surface area contributed by atoms with E-state index in [-0.39, 0.29) is 11.4 Å². The molecule has 100 valence electrons. The summed E-state index contributed by atoms with van der Waals surface area (Å²) in [6.45, 7) is 1.05. The third-order valence-corrected chi connectivity index (χ3v) is 4.25. The third kappa shape index (κ3) is 3.77. The minimum absolute atomic E-state index is 0.162. The Morgan fingerprint density at radius 1 is 1.28 bits per heavy atom. The van der Waals surface area contributed by atoms with Crippen LogP contribution < -0.4 is 5.73 Å². The molecule has 1 aromatic rings. The van der Waals surface area contributed by atoms with E-state index in [1.807, 2.05) is 0 Å². The minimum atomic E-state index is -0.242. The van der Waals surface area contributed by atoms with Gasteiger partial charge in [-0.25, -0.2) is 4.39 Å². The highest BCUT2D eigenvalue weighted by molar-refractivity contribution is 9.10. The number of hydrogen-bond acceptors (Lipinski definition) is 2. The number of rotatable bonds is 4. The maximum absolute atomic E-state index is 12.9. The Labute approximate surface area is 116 Å². The summed E-state index contributed by atoms with van der Waals surface area (Å²) in [4.78, 5) is 0. The molecule has 0 spiro atoms. The van der Waals surface area contributed by atoms with Crippen LogP contribution in [0.1, 0.15) is 37.7 Å². The summed E-state index contributed by atoms with van der Waals surface area (Å²) in [5, 5.41) is 0. The second-order valence-electron chi connectivity index (χ2n) is 5.15. The molecule has 2 rings (SSSR count). The van der Waals surface area contributed by atoms with Crippen molar-refractivity contribution in [2.24, 2.45) is 5.73 Å². The SMILES string of the molecule is NC1(COCc2ccc(F)cc2Br)CCCCC1. The van der Waals surface area contributed by atoms with Crippen molar-refractivity contribution in [1.29, 1.82) is 0 Å². The van der Waals surface area contributed by atoms with Gasteiger partial charge < -0.3 is 10.5 Å². The van der Waals surface area contributed by atoms with Crippen LogP contribution in [0.2, 0.25) is 0 Å². The largest absolute Gasteiger partial charge is 0.375 e. The van der Waals surface area contributed by atoms with E-state index < -0.39 is 0 Å². The molecule has 2 nitrogen and oxygen atoms in total. The van der Waals surface area contributed by atoms with Crippen LogP contribution in [0.15, 0.2) is 22.7 Å². The van der Waals surface area contributed by atoms with Crippen LogP contribution in [0, 0.1) is 5.82 Å². The van der Waals surface area contributed by atoms with E-state index in [2.05, 4.69) is 15.9 Å². The summed E-state index contributed by atoms with van der Waals surface area (Å²) in [5.41, 5.74) is 7.08. The van der Waals surface area contributed by atoms with Gasteiger partial charge in [-0.2, -0.15) is 0 Å². The van der Waals surface area contributed by atoms with E-state index in [4.69, 9.17) is 10.5 Å². The Morgan fingerprint density at radius 2 is 2.00 bits per heavy atom. The fourth-order valence-electron chi connectivity index (χ4n) is 2.40. The van der Waals surface area contributed by atoms with Gasteiger partial charge in [-0.3, -0.25) is 0 Å². The first kappa shape index (κ1) is 14.0. The fourth-order valence-corrected chi connectivity index (χ4v) is 2.87. The van der Waals surface area contributed by atoms with Crippen molar-refractivity contribution < 1.29 is 9.13 Å². The fraction of sp³-hybridized carbons (Fsp3) is 0.571. The van der Waals surface area contributed by atoms with Crippen LogP contribution >= 0.6 is 15.9 Å². The van der Waals surface area contributed by atoms with Gasteiger partial charge >= 0.3 is 0 Å². The summed E-state index contributed by atoms with van der Waals surface area (Å²) in [7, 11) is 0. The van der Waals surface area contributed by atoms with Gasteiger partial charge in [-0.05, 0) is 30.5 Å². The molecule has 0 amide bonds. The maximum atomic E-state index is 12.9. The van der Waals surface area contributed by atoms with Gasteiger partial charge in [0.05, 0.1) is 13.2 Å². The van der Waals surface area contributed by atoms with Crippen molar-refractivity contribution in [3.05, 3.63) is 34.1 Å². The van der Waals surface area contributed by atoms with Crippen molar-refractivity contribution >= 4 is 15.9 Å². The molecule has 0 unspecified atom stereocenters. The van der Waals surface area contributed by atoms with E-state index in [9.17, 15) is 4.39 Å². The Hall–Kier alpha value is -0.450. The first-order valence-corrected chi connectivity index (χ1v) is 7.19. The van der Waals surface area contributed by atoms with Crippen LogP contribution in [0.25, 0.3) is 0 Å². The number of halogens is 2. The number of hydrogen-bond donors (Lipinski definition) is 1. The van der Waals surface area contributed by atoms with Gasteiger partial charge in [-0.1, -0.05) is 41.3 Å². The lowest BCUT2D eigenvalue weighted by molar-refractivity contribution is 0.0572. The van der Waals surface area contributed by atoms with Gasteiger partial charge in [0.2, 0.25) is 0 Å². The molecule has 0 aliphatic heterocycles. The van der Waals surface area contributed by atoms with Crippen molar-refractivity contribution in [3.63, 3.8) is 0 Å². The quantitative estimate of drug-likeness (QED) is 0.918. The lowest BCUT2D eigenvalue weighted by Gasteiger charge is -2.33. The van der Waals surface area contributed by atoms with E-state index >= 15 is 0 Å². The molecule has 0 saturated heterocycles. The van der Waals surface area contributed by atoms with Crippen molar-refractivity contribution in [2.45, 2.75) is 44.2 Å². The van der Waals surface area contributed by atoms with Crippen molar-refractivity contribution in [1.82, 2.24) is 0 Å². The molecule has 0 heterocycles. The van der Waals surface area contributed by atoms with Gasteiger partial charge in [0.1, 0.15) is 5.82 Å². The molecule has 0 aromatic heterocycles. The predicted molar refractivity (Wildman–Crippen MR) is 73.8 cm³/mol. The molecule has 2 N–H and O–H groups in total. The van der Waals surface area contributed by atoms with Gasteiger partial charge in [-0.15, -0.1) is 0 Å². The summed E-state index contributed by atoms with van der Waals surface area (Å²) < 4.78 is 19.4. The molecule has 1 fully saturated rings. The van der Waals surface area contributed by atoms with Gasteiger partial charge in [0.25, 0.3) is 0 Å². The number of benzene rings is 1. The molecule has 1 aliphatic rings. The minimum Gasteiger partial charge on any atom is -0.375 e. The van der Waals surface area contributed by atoms with Gasteiger partial charge in [0, 0.05) is 10.0 Å². The standard InChI is InChI=1S/C14H19BrFNO/c15-13-8-12(16)5-4-11(13)9-18-10-14(17)6-2-1-3-7-14/h4-5,8H,1-3,6-7,9-10,17H2. The molecule has 1 aliphatic carbocycles. The first-order chi connectivity index (χ1) is 8.59. The predicted octanol–water partition coefficient (Wildman–Crippen LogP) is 3.77. The Kier molecular flexibility index (Phi) is 4.76. The first-order valence-electron chi connectivity index (χ1n) is 6.40. The zero-order chi connectivity index (χ0) is 13.0. The molecule has 0 atom stereocenters. The molecule has 18 heavy (non-hydrogen) atoms. The summed E-state index contributed by atoms with van der Waals surface area (Å²) in [5.74, 6) is -0.242. The summed E-state index contributed by atoms with van der Waals surface area (Å²) in [6.07, 6.45) is 5.75. The van der Waals surface area contributed by atoms with Crippen LogP contribution in [-0.2, 0) is 11.3 Å². The molecular weight excluding hydrogens is 297 g/mol. The zero-order valence-electron chi connectivity index (χ0n) is 10.4. The molecule has 1 saturated carbocycles. The lowest BCUT2D eigenvalue weighted by atomic mass is 9.83. The molecule has 0 radical (unpaired) electrons. The van der Waals surface area contributed by atoms with Crippen LogP contribution in [0.3, 0.4) is 0 Å². The second kappa shape index (κ2) is 6.13. The summed E-state index contributed by atoms with van der Waals surface area (Å²) in [6, 6.07) is 4.64. The Balaban J connectivity index is 1.84. The third-order valence-electron chi connectivity index (χ3n) is 3.51. The number of ether oxygens (including phenoxy) is 1. The maximum Gasteiger partial charge on any atom is 0.124 e. The topological polar surface area (TPSA) is 35.2 Å². The molecule has 4 heteroatoms. The van der Waals surface area contributed by atoms with Crippen LogP contribution in [0.5, 0.6) is 0 Å². The zero-order valence-corrected chi connectivity index (χ0v) is 12.0. The molecular formula is C14H19BrFNO. The summed E-state index contributed by atoms with van der Waals surface area (Å²) >= 11 is 3.34. The molecule has 0 bridgehead atoms. The van der Waals surface area contributed by atoms with Crippen LogP contribution in [-0.4, -0.2) is 12.1 Å². The normalized spacial score (nSPS) is 18.8. The van der Waals surface area contributed by atoms with E-state index in [0.717, 1.165) is 22.9 Å². The monoisotopic (exact) mass is 315 g/mol. The number of nitrogens with two attached hydrogens (primary N) is 1. The van der Waals surface area contributed by atoms with E-state index in [1.165, 1.54) is 31.4 Å². The van der Waals surface area contributed by atoms with E-state index in [1.54, 1.807) is 6.07 Å². The van der Waals surface area contributed by atoms with Crippen LogP contribution in [0.4, 0.5) is 4.39 Å². The van der Waals surface area contributed by atoms with Crippen molar-refractivity contribution in [2.75, 3.05) is 6.61 Å². The highest BCUT2D eigenvalue weighted by atomic mass is 79.9. The second-order valence-corrected chi connectivity index (χ2v) is 6.01. The average molecular weight is 316 g/mol. The molecule has 1 aromatic carbocycles. The van der Waals surface area contributed by atoms with Gasteiger partial charge in [0.15, 0.2) is 0 Å². The average Bonchev–Trinajstić information content (AvgIpc) is 2.33. The Morgan fingerprint density at radius 3 is 2.67 bits per heavy atom. The van der Waals surface area contributed by atoms with E-state index in [0.29, 0.717) is 13.2 Å². The highest BCUT2D eigenvalue weighted by Gasteiger charge is 2.27. The highest BCUT2D eigenvalue weighted by Crippen LogP contribution is 2.27. The Bertz CT molecular complexity index is 405. The smallest absolute Gasteiger partial charge is 0.124 e. The van der Waals surface area contributed by atoms with Crippen molar-refractivity contribution in [3.8, 4) is 0 Å².